The number of carbonyl (C=O) groups excluding carboxylic acids is 3. The van der Waals surface area contributed by atoms with Crippen molar-refractivity contribution in [3.05, 3.63) is 106 Å². The topological polar surface area (TPSA) is 174 Å². The van der Waals surface area contributed by atoms with Crippen LogP contribution in [0.5, 0.6) is 0 Å². The number of hydrogen-bond acceptors (Lipinski definition) is 12. The molecule has 10 rings (SSSR count). The summed E-state index contributed by atoms with van der Waals surface area (Å²) in [7, 11) is 0. The van der Waals surface area contributed by atoms with E-state index in [4.69, 9.17) is 9.97 Å². The fourth-order valence-electron chi connectivity index (χ4n) is 10.3. The lowest BCUT2D eigenvalue weighted by atomic mass is 9.93. The first-order valence-electron chi connectivity index (χ1n) is 22.8. The zero-order valence-corrected chi connectivity index (χ0v) is 36.3. The maximum atomic E-state index is 13.5. The van der Waals surface area contributed by atoms with Crippen LogP contribution in [0.25, 0.3) is 16.9 Å². The Morgan fingerprint density at radius 1 is 0.891 bits per heavy atom. The first kappa shape index (κ1) is 41.6. The minimum atomic E-state index is -0.993. The molecule has 332 valence electrons. The van der Waals surface area contributed by atoms with E-state index in [0.29, 0.717) is 65.8 Å². The summed E-state index contributed by atoms with van der Waals surface area (Å²) >= 11 is 0. The molecule has 3 aromatic heterocycles. The van der Waals surface area contributed by atoms with Crippen LogP contribution in [-0.4, -0.2) is 109 Å². The van der Waals surface area contributed by atoms with E-state index in [1.807, 2.05) is 43.3 Å². The number of pyridine rings is 1. The molecule has 3 saturated heterocycles. The molecule has 0 saturated carbocycles. The monoisotopic (exact) mass is 865 g/mol. The molecule has 0 spiro atoms. The summed E-state index contributed by atoms with van der Waals surface area (Å²) < 4.78 is 3.26. The van der Waals surface area contributed by atoms with Crippen LogP contribution in [0.4, 0.5) is 23.0 Å². The molecule has 0 radical (unpaired) electrons. The third-order valence-corrected chi connectivity index (χ3v) is 14.2. The number of carbonyl (C=O) groups is 3. The number of aryl methyl sites for hydroxylation is 1. The van der Waals surface area contributed by atoms with Crippen LogP contribution in [0.15, 0.2) is 78.2 Å². The maximum absolute atomic E-state index is 13.5. The minimum Gasteiger partial charge on any atom is -0.384 e. The second-order valence-electron chi connectivity index (χ2n) is 17.9. The van der Waals surface area contributed by atoms with Gasteiger partial charge in [0.2, 0.25) is 17.8 Å². The van der Waals surface area contributed by atoms with Crippen molar-refractivity contribution >= 4 is 51.8 Å². The molecule has 2 atom stereocenters. The number of nitrogens with zero attached hydrogens (tertiary/aromatic N) is 9. The standard InChI is InChI=1S/C48H55N11O5/c1-3-20-58-46(63)38-29-49-47(53-43(38)59(58)40-13-5-32-15-19-48(64,4-2)42(32)51-40)50-34-6-8-35(9-7-34)55-22-17-31(18-23-55)16-21-54-24-26-56(27-25-54)36-10-11-37-33(28-36)30-57(45(37)62)39-12-14-41(60)52-44(39)61/h3,5-11,13,28-29,31,39,64H,1,4,12,14-27,30H2,2H3,(H,49,50,53)(H,52,60,61)/t39?,48-/m1/s1. The van der Waals surface area contributed by atoms with Gasteiger partial charge in [-0.3, -0.25) is 29.4 Å². The first-order valence-corrected chi connectivity index (χ1v) is 22.8. The Labute approximate surface area is 371 Å². The predicted molar refractivity (Wildman–Crippen MR) is 244 cm³/mol. The fraction of sp³-hybridized carbons (Fsp3) is 0.438. The molecule has 0 bridgehead atoms. The molecule has 7 heterocycles. The normalized spacial score (nSPS) is 21.7. The van der Waals surface area contributed by atoms with Crippen molar-refractivity contribution in [2.45, 2.75) is 83.0 Å². The highest BCUT2D eigenvalue weighted by molar-refractivity contribution is 6.05. The molecule has 3 fully saturated rings. The van der Waals surface area contributed by atoms with Crippen LogP contribution in [0, 0.1) is 5.92 Å². The average molecular weight is 866 g/mol. The van der Waals surface area contributed by atoms with Gasteiger partial charge in [0.1, 0.15) is 17.0 Å². The van der Waals surface area contributed by atoms with Crippen molar-refractivity contribution in [1.29, 1.82) is 0 Å². The van der Waals surface area contributed by atoms with Crippen molar-refractivity contribution in [2.75, 3.05) is 60.9 Å². The quantitative estimate of drug-likeness (QED) is 0.117. The Morgan fingerprint density at radius 2 is 1.66 bits per heavy atom. The third kappa shape index (κ3) is 7.72. The van der Waals surface area contributed by atoms with E-state index in [1.165, 1.54) is 12.1 Å². The second kappa shape index (κ2) is 17.0. The van der Waals surface area contributed by atoms with Gasteiger partial charge >= 0.3 is 0 Å². The van der Waals surface area contributed by atoms with E-state index in [-0.39, 0.29) is 36.2 Å². The second-order valence-corrected chi connectivity index (χ2v) is 17.9. The number of aliphatic hydroxyl groups is 1. The fourth-order valence-corrected chi connectivity index (χ4v) is 10.3. The molecule has 4 aliphatic heterocycles. The largest absolute Gasteiger partial charge is 0.384 e. The lowest BCUT2D eigenvalue weighted by Gasteiger charge is -2.38. The summed E-state index contributed by atoms with van der Waals surface area (Å²) in [5, 5.41) is 17.4. The molecule has 5 aliphatic rings. The van der Waals surface area contributed by atoms with Gasteiger partial charge in [0.25, 0.3) is 11.5 Å². The summed E-state index contributed by atoms with van der Waals surface area (Å²) in [4.78, 5) is 74.1. The van der Waals surface area contributed by atoms with Crippen LogP contribution in [0.2, 0.25) is 0 Å². The number of benzene rings is 2. The van der Waals surface area contributed by atoms with E-state index in [0.717, 1.165) is 87.6 Å². The van der Waals surface area contributed by atoms with Crippen LogP contribution < -0.4 is 26.0 Å². The molecule has 2 aromatic carbocycles. The van der Waals surface area contributed by atoms with Crippen molar-refractivity contribution in [2.24, 2.45) is 5.92 Å². The highest BCUT2D eigenvalue weighted by Gasteiger charge is 2.40. The van der Waals surface area contributed by atoms with Crippen molar-refractivity contribution in [3.8, 4) is 5.82 Å². The van der Waals surface area contributed by atoms with Crippen molar-refractivity contribution in [3.63, 3.8) is 0 Å². The van der Waals surface area contributed by atoms with Gasteiger partial charge in [0.15, 0.2) is 11.5 Å². The number of piperidine rings is 2. The number of fused-ring (bicyclic) bond motifs is 3. The van der Waals surface area contributed by atoms with Gasteiger partial charge in [0.05, 0.1) is 12.2 Å². The van der Waals surface area contributed by atoms with Gasteiger partial charge in [0, 0.05) is 81.1 Å². The number of nitrogens with one attached hydrogen (secondary N) is 2. The number of piperazine rings is 1. The number of imide groups is 1. The number of aromatic nitrogens is 5. The van der Waals surface area contributed by atoms with E-state index >= 15 is 0 Å². The van der Waals surface area contributed by atoms with Gasteiger partial charge in [-0.15, -0.1) is 6.58 Å². The highest BCUT2D eigenvalue weighted by atomic mass is 16.3. The smallest absolute Gasteiger partial charge is 0.278 e. The summed E-state index contributed by atoms with van der Waals surface area (Å²) in [6, 6.07) is 17.6. The molecule has 3 N–H and O–H groups in total. The molecule has 5 aromatic rings. The Bertz CT molecular complexity index is 2700. The van der Waals surface area contributed by atoms with Crippen LogP contribution in [0.3, 0.4) is 0 Å². The van der Waals surface area contributed by atoms with Gasteiger partial charge in [-0.2, -0.15) is 4.98 Å². The molecular weight excluding hydrogens is 811 g/mol. The van der Waals surface area contributed by atoms with E-state index in [2.05, 4.69) is 55.1 Å². The van der Waals surface area contributed by atoms with E-state index in [1.54, 1.807) is 26.5 Å². The summed E-state index contributed by atoms with van der Waals surface area (Å²) in [5.74, 6) is 0.760. The lowest BCUT2D eigenvalue weighted by Crippen LogP contribution is -2.52. The SMILES string of the molecule is C=CCn1c(=O)c2cnc(Nc3ccc(N4CCC(CCN5CCN(c6ccc7c(c6)CN(C6CCC(=O)NC6=O)C7=O)CC5)CC4)cc3)nc2n1-c1ccc2c(n1)[C@@](O)(CC)CC2. The Kier molecular flexibility index (Phi) is 11.0. The van der Waals surface area contributed by atoms with Crippen molar-refractivity contribution in [1.82, 2.24) is 39.4 Å². The van der Waals surface area contributed by atoms with E-state index < -0.39 is 11.6 Å². The molecule has 1 unspecified atom stereocenters. The third-order valence-electron chi connectivity index (χ3n) is 14.2. The molecule has 3 amide bonds. The summed E-state index contributed by atoms with van der Waals surface area (Å²) in [5.41, 5.74) is 5.60. The minimum absolute atomic E-state index is 0.136. The van der Waals surface area contributed by atoms with Gasteiger partial charge in [-0.05, 0) is 117 Å². The predicted octanol–water partition coefficient (Wildman–Crippen LogP) is 4.64. The van der Waals surface area contributed by atoms with Gasteiger partial charge < -0.3 is 25.1 Å². The number of hydrogen-bond donors (Lipinski definition) is 3. The summed E-state index contributed by atoms with van der Waals surface area (Å²) in [6.07, 6.45) is 9.28. The zero-order valence-electron chi connectivity index (χ0n) is 36.3. The van der Waals surface area contributed by atoms with Gasteiger partial charge in [-0.1, -0.05) is 19.1 Å². The van der Waals surface area contributed by atoms with E-state index in [9.17, 15) is 24.3 Å². The average Bonchev–Trinajstić information content (AvgIpc) is 3.93. The maximum Gasteiger partial charge on any atom is 0.278 e. The first-order chi connectivity index (χ1) is 31.1. The van der Waals surface area contributed by atoms with Crippen LogP contribution >= 0.6 is 0 Å². The molecule has 16 nitrogen and oxygen atoms in total. The Hall–Kier alpha value is -6.39. The Morgan fingerprint density at radius 3 is 2.41 bits per heavy atom. The number of allylic oxidation sites excluding steroid dienone is 1. The lowest BCUT2D eigenvalue weighted by molar-refractivity contribution is -0.136. The van der Waals surface area contributed by atoms with Crippen LogP contribution in [-0.2, 0) is 34.7 Å². The highest BCUT2D eigenvalue weighted by Crippen LogP contribution is 2.39. The zero-order chi connectivity index (χ0) is 44.1. The van der Waals surface area contributed by atoms with Crippen LogP contribution in [0.1, 0.15) is 79.0 Å². The molecule has 1 aliphatic carbocycles. The summed E-state index contributed by atoms with van der Waals surface area (Å²) in [6.45, 7) is 13.4. The molecule has 16 heteroatoms. The number of anilines is 4. The Balaban J connectivity index is 0.713. The molecule has 64 heavy (non-hydrogen) atoms. The molecular formula is C48H55N11O5. The number of rotatable bonds is 12. The van der Waals surface area contributed by atoms with Crippen molar-refractivity contribution < 1.29 is 19.5 Å². The number of amides is 3. The van der Waals surface area contributed by atoms with Gasteiger partial charge in [-0.25, -0.2) is 19.3 Å².